The van der Waals surface area contributed by atoms with Crippen LogP contribution < -0.4 is 0 Å². The molecule has 1 aromatic carbocycles. The van der Waals surface area contributed by atoms with Crippen LogP contribution in [0.1, 0.15) is 40.9 Å². The van der Waals surface area contributed by atoms with Crippen molar-refractivity contribution in [3.8, 4) is 0 Å². The van der Waals surface area contributed by atoms with Gasteiger partial charge < -0.3 is 10.2 Å². The number of hydrogen-bond acceptors (Lipinski definition) is 2. The summed E-state index contributed by atoms with van der Waals surface area (Å²) >= 11 is 0. The summed E-state index contributed by atoms with van der Waals surface area (Å²) in [7, 11) is 0. The Balaban J connectivity index is 3.14. The molecule has 0 saturated heterocycles. The number of carboxylic acid groups (broad SMARTS) is 1. The standard InChI is InChI=1S/C11H14O3/c1-3-10(12)9-6-8(11(13)14)5-4-7(9)2/h4-6,10,12H,3H2,1-2H3,(H,13,14). The number of aliphatic hydroxyl groups excluding tert-OH is 1. The molecule has 0 aliphatic rings. The van der Waals surface area contributed by atoms with E-state index >= 15 is 0 Å². The molecule has 76 valence electrons. The predicted molar refractivity (Wildman–Crippen MR) is 53.4 cm³/mol. The fourth-order valence-electron chi connectivity index (χ4n) is 1.35. The van der Waals surface area contributed by atoms with E-state index < -0.39 is 12.1 Å². The number of aliphatic hydroxyl groups is 1. The van der Waals surface area contributed by atoms with Crippen LogP contribution in [0.2, 0.25) is 0 Å². The third kappa shape index (κ3) is 2.12. The highest BCUT2D eigenvalue weighted by Crippen LogP contribution is 2.21. The van der Waals surface area contributed by atoms with Gasteiger partial charge in [0.05, 0.1) is 11.7 Å². The third-order valence-electron chi connectivity index (χ3n) is 2.27. The highest BCUT2D eigenvalue weighted by atomic mass is 16.4. The maximum absolute atomic E-state index is 10.7. The number of carboxylic acids is 1. The van der Waals surface area contributed by atoms with E-state index in [2.05, 4.69) is 0 Å². The lowest BCUT2D eigenvalue weighted by atomic mass is 9.99. The predicted octanol–water partition coefficient (Wildman–Crippen LogP) is 2.14. The fourth-order valence-corrected chi connectivity index (χ4v) is 1.35. The number of benzene rings is 1. The van der Waals surface area contributed by atoms with Crippen LogP contribution in [0.25, 0.3) is 0 Å². The minimum Gasteiger partial charge on any atom is -0.478 e. The molecule has 3 heteroatoms. The van der Waals surface area contributed by atoms with Gasteiger partial charge in [0, 0.05) is 0 Å². The Morgan fingerprint density at radius 2 is 2.14 bits per heavy atom. The van der Waals surface area contributed by atoms with Gasteiger partial charge in [-0.05, 0) is 36.6 Å². The van der Waals surface area contributed by atoms with E-state index in [9.17, 15) is 9.90 Å². The average molecular weight is 194 g/mol. The lowest BCUT2D eigenvalue weighted by molar-refractivity contribution is 0.0696. The smallest absolute Gasteiger partial charge is 0.335 e. The zero-order valence-corrected chi connectivity index (χ0v) is 8.32. The average Bonchev–Trinajstić information content (AvgIpc) is 2.17. The summed E-state index contributed by atoms with van der Waals surface area (Å²) in [5.74, 6) is -0.963. The minimum atomic E-state index is -0.963. The van der Waals surface area contributed by atoms with Gasteiger partial charge in [-0.1, -0.05) is 13.0 Å². The molecule has 1 unspecified atom stereocenters. The van der Waals surface area contributed by atoms with E-state index in [1.165, 1.54) is 6.07 Å². The van der Waals surface area contributed by atoms with Crippen LogP contribution in [-0.4, -0.2) is 16.2 Å². The lowest BCUT2D eigenvalue weighted by Crippen LogP contribution is -2.03. The van der Waals surface area contributed by atoms with Gasteiger partial charge in [-0.15, -0.1) is 0 Å². The molecule has 0 fully saturated rings. The maximum Gasteiger partial charge on any atom is 0.335 e. The van der Waals surface area contributed by atoms with Gasteiger partial charge >= 0.3 is 5.97 Å². The molecule has 0 radical (unpaired) electrons. The molecule has 0 heterocycles. The lowest BCUT2D eigenvalue weighted by Gasteiger charge is -2.12. The SMILES string of the molecule is CCC(O)c1cc(C(=O)O)ccc1C. The monoisotopic (exact) mass is 194 g/mol. The Hall–Kier alpha value is -1.35. The summed E-state index contributed by atoms with van der Waals surface area (Å²) in [6.45, 7) is 3.72. The Bertz CT molecular complexity index is 344. The van der Waals surface area contributed by atoms with Crippen LogP contribution in [0.4, 0.5) is 0 Å². The molecule has 1 atom stereocenters. The molecule has 0 aliphatic carbocycles. The summed E-state index contributed by atoms with van der Waals surface area (Å²) in [5, 5.41) is 18.4. The van der Waals surface area contributed by atoms with Gasteiger partial charge in [0.2, 0.25) is 0 Å². The number of carbonyl (C=O) groups is 1. The molecule has 0 bridgehead atoms. The van der Waals surface area contributed by atoms with Crippen molar-refractivity contribution < 1.29 is 15.0 Å². The first-order chi connectivity index (χ1) is 6.56. The first kappa shape index (κ1) is 10.7. The number of aromatic carboxylic acids is 1. The van der Waals surface area contributed by atoms with Crippen LogP contribution in [0.5, 0.6) is 0 Å². The van der Waals surface area contributed by atoms with Crippen LogP contribution in [0, 0.1) is 6.92 Å². The molecule has 0 aliphatic heterocycles. The minimum absolute atomic E-state index is 0.220. The van der Waals surface area contributed by atoms with Crippen LogP contribution >= 0.6 is 0 Å². The van der Waals surface area contributed by atoms with Gasteiger partial charge in [0.15, 0.2) is 0 Å². The van der Waals surface area contributed by atoms with Crippen molar-refractivity contribution in [1.29, 1.82) is 0 Å². The zero-order chi connectivity index (χ0) is 10.7. The van der Waals surface area contributed by atoms with Crippen molar-refractivity contribution in [2.45, 2.75) is 26.4 Å². The summed E-state index contributed by atoms with van der Waals surface area (Å²) in [6.07, 6.45) is 0.0125. The molecule has 1 rings (SSSR count). The molecule has 0 saturated carbocycles. The summed E-state index contributed by atoms with van der Waals surface area (Å²) in [4.78, 5) is 10.7. The van der Waals surface area contributed by atoms with Crippen LogP contribution in [0.15, 0.2) is 18.2 Å². The van der Waals surface area contributed by atoms with Gasteiger partial charge in [-0.3, -0.25) is 0 Å². The second kappa shape index (κ2) is 4.24. The molecule has 1 aromatic rings. The Kier molecular flexibility index (Phi) is 3.25. The van der Waals surface area contributed by atoms with Crippen molar-refractivity contribution in [3.63, 3.8) is 0 Å². The zero-order valence-electron chi connectivity index (χ0n) is 8.32. The number of hydrogen-bond donors (Lipinski definition) is 2. The second-order valence-corrected chi connectivity index (χ2v) is 3.30. The molecular weight excluding hydrogens is 180 g/mol. The van der Waals surface area contributed by atoms with Crippen molar-refractivity contribution in [3.05, 3.63) is 34.9 Å². The molecule has 0 aromatic heterocycles. The third-order valence-corrected chi connectivity index (χ3v) is 2.27. The first-order valence-electron chi connectivity index (χ1n) is 4.58. The molecule has 0 spiro atoms. The Morgan fingerprint density at radius 1 is 1.50 bits per heavy atom. The Morgan fingerprint density at radius 3 is 2.64 bits per heavy atom. The van der Waals surface area contributed by atoms with Gasteiger partial charge in [0.25, 0.3) is 0 Å². The number of rotatable bonds is 3. The molecule has 3 nitrogen and oxygen atoms in total. The van der Waals surface area contributed by atoms with Crippen molar-refractivity contribution in [2.24, 2.45) is 0 Å². The van der Waals surface area contributed by atoms with Crippen LogP contribution in [-0.2, 0) is 0 Å². The molecule has 0 amide bonds. The second-order valence-electron chi connectivity index (χ2n) is 3.30. The van der Waals surface area contributed by atoms with E-state index in [4.69, 9.17) is 5.11 Å². The van der Waals surface area contributed by atoms with Gasteiger partial charge in [0.1, 0.15) is 0 Å². The van der Waals surface area contributed by atoms with Gasteiger partial charge in [-0.2, -0.15) is 0 Å². The molecular formula is C11H14O3. The highest BCUT2D eigenvalue weighted by Gasteiger charge is 2.11. The topological polar surface area (TPSA) is 57.5 Å². The van der Waals surface area contributed by atoms with Gasteiger partial charge in [-0.25, -0.2) is 4.79 Å². The quantitative estimate of drug-likeness (QED) is 0.775. The summed E-state index contributed by atoms with van der Waals surface area (Å²) < 4.78 is 0. The molecule has 2 N–H and O–H groups in total. The van der Waals surface area contributed by atoms with Crippen LogP contribution in [0.3, 0.4) is 0 Å². The van der Waals surface area contributed by atoms with Crippen molar-refractivity contribution in [1.82, 2.24) is 0 Å². The maximum atomic E-state index is 10.7. The first-order valence-corrected chi connectivity index (χ1v) is 4.58. The Labute approximate surface area is 83.0 Å². The number of aryl methyl sites for hydroxylation is 1. The van der Waals surface area contributed by atoms with E-state index in [0.717, 1.165) is 5.56 Å². The normalized spacial score (nSPS) is 12.5. The largest absolute Gasteiger partial charge is 0.478 e. The highest BCUT2D eigenvalue weighted by molar-refractivity contribution is 5.87. The van der Waals surface area contributed by atoms with E-state index in [0.29, 0.717) is 12.0 Å². The fraction of sp³-hybridized carbons (Fsp3) is 0.364. The van der Waals surface area contributed by atoms with Crippen molar-refractivity contribution >= 4 is 5.97 Å². The molecule has 14 heavy (non-hydrogen) atoms. The van der Waals surface area contributed by atoms with E-state index in [1.54, 1.807) is 12.1 Å². The summed E-state index contributed by atoms with van der Waals surface area (Å²) in [5.41, 5.74) is 1.84. The van der Waals surface area contributed by atoms with E-state index in [-0.39, 0.29) is 5.56 Å². The van der Waals surface area contributed by atoms with Crippen molar-refractivity contribution in [2.75, 3.05) is 0 Å². The van der Waals surface area contributed by atoms with E-state index in [1.807, 2.05) is 13.8 Å². The summed E-state index contributed by atoms with van der Waals surface area (Å²) in [6, 6.07) is 4.80.